The molecule has 0 saturated carbocycles. The van der Waals surface area contributed by atoms with Crippen molar-refractivity contribution < 1.29 is 27.4 Å². The van der Waals surface area contributed by atoms with Crippen LogP contribution in [-0.4, -0.2) is 48.4 Å². The minimum atomic E-state index is -4.15. The molecule has 10 heteroatoms. The van der Waals surface area contributed by atoms with Gasteiger partial charge in [-0.25, -0.2) is 13.8 Å². The highest BCUT2D eigenvalue weighted by atomic mass is 32.2. The van der Waals surface area contributed by atoms with Crippen molar-refractivity contribution in [2.75, 3.05) is 32.2 Å². The largest absolute Gasteiger partial charge is 0.497 e. The molecule has 0 spiro atoms. The SMILES string of the molecule is COc1ccc(/C=N\NC(=O)CN(c2cc(C)cc(C)c2)S(=O)(=O)c2ccc(OC)c(OC)c2)cc1. The van der Waals surface area contributed by atoms with Gasteiger partial charge < -0.3 is 14.2 Å². The highest BCUT2D eigenvalue weighted by molar-refractivity contribution is 7.92. The van der Waals surface area contributed by atoms with Crippen LogP contribution in [0.25, 0.3) is 0 Å². The van der Waals surface area contributed by atoms with Crippen molar-refractivity contribution in [2.24, 2.45) is 5.10 Å². The van der Waals surface area contributed by atoms with E-state index in [4.69, 9.17) is 14.2 Å². The van der Waals surface area contributed by atoms with Crippen molar-refractivity contribution >= 4 is 27.8 Å². The average molecular weight is 512 g/mol. The number of nitrogens with one attached hydrogen (secondary N) is 1. The fourth-order valence-electron chi connectivity index (χ4n) is 3.55. The third-order valence-electron chi connectivity index (χ3n) is 5.24. The number of hydrazone groups is 1. The van der Waals surface area contributed by atoms with Crippen LogP contribution in [0.3, 0.4) is 0 Å². The quantitative estimate of drug-likeness (QED) is 0.329. The van der Waals surface area contributed by atoms with E-state index >= 15 is 0 Å². The molecule has 0 atom stereocenters. The van der Waals surface area contributed by atoms with Crippen LogP contribution in [0.2, 0.25) is 0 Å². The number of hydrogen-bond donors (Lipinski definition) is 1. The standard InChI is InChI=1S/C26H29N3O6S/c1-18-12-19(2)14-21(13-18)29(36(31,32)23-10-11-24(34-4)25(15-23)35-5)17-26(30)28-27-16-20-6-8-22(33-3)9-7-20/h6-16H,17H2,1-5H3,(H,28,30)/b27-16-. The van der Waals surface area contributed by atoms with E-state index in [1.54, 1.807) is 43.5 Å². The van der Waals surface area contributed by atoms with Gasteiger partial charge in [-0.15, -0.1) is 0 Å². The number of aryl methyl sites for hydroxylation is 2. The Kier molecular flexibility index (Phi) is 8.55. The van der Waals surface area contributed by atoms with Crippen molar-refractivity contribution in [3.05, 3.63) is 77.4 Å². The van der Waals surface area contributed by atoms with E-state index in [1.165, 1.54) is 38.6 Å². The molecule has 0 heterocycles. The lowest BCUT2D eigenvalue weighted by Crippen LogP contribution is -2.39. The Hall–Kier alpha value is -4.05. The summed E-state index contributed by atoms with van der Waals surface area (Å²) in [7, 11) is 0.300. The molecule has 0 aliphatic carbocycles. The molecule has 1 N–H and O–H groups in total. The average Bonchev–Trinajstić information content (AvgIpc) is 2.86. The summed E-state index contributed by atoms with van der Waals surface area (Å²) in [5.41, 5.74) is 5.21. The molecule has 0 unspecified atom stereocenters. The summed E-state index contributed by atoms with van der Waals surface area (Å²) in [4.78, 5) is 12.7. The topological polar surface area (TPSA) is 107 Å². The van der Waals surface area contributed by atoms with Gasteiger partial charge in [-0.1, -0.05) is 6.07 Å². The Labute approximate surface area is 211 Å². The van der Waals surface area contributed by atoms with E-state index in [2.05, 4.69) is 10.5 Å². The van der Waals surface area contributed by atoms with Crippen molar-refractivity contribution in [3.63, 3.8) is 0 Å². The third-order valence-corrected chi connectivity index (χ3v) is 7.01. The van der Waals surface area contributed by atoms with Crippen molar-refractivity contribution in [1.29, 1.82) is 0 Å². The Bertz CT molecular complexity index is 1330. The maximum absolute atomic E-state index is 13.7. The number of sulfonamides is 1. The van der Waals surface area contributed by atoms with Gasteiger partial charge in [-0.2, -0.15) is 5.10 Å². The number of hydrogen-bond acceptors (Lipinski definition) is 7. The van der Waals surface area contributed by atoms with Crippen molar-refractivity contribution in [1.82, 2.24) is 5.43 Å². The van der Waals surface area contributed by atoms with E-state index in [-0.39, 0.29) is 10.6 Å². The smallest absolute Gasteiger partial charge is 0.264 e. The molecule has 0 aromatic heterocycles. The highest BCUT2D eigenvalue weighted by Crippen LogP contribution is 2.32. The molecule has 0 fully saturated rings. The van der Waals surface area contributed by atoms with Crippen molar-refractivity contribution in [2.45, 2.75) is 18.7 Å². The van der Waals surface area contributed by atoms with E-state index in [0.29, 0.717) is 17.2 Å². The first-order valence-electron chi connectivity index (χ1n) is 11.0. The fraction of sp³-hybridized carbons (Fsp3) is 0.231. The number of amides is 1. The summed E-state index contributed by atoms with van der Waals surface area (Å²) in [6.45, 7) is 3.23. The van der Waals surface area contributed by atoms with Crippen LogP contribution in [-0.2, 0) is 14.8 Å². The number of rotatable bonds is 10. The molecule has 190 valence electrons. The zero-order valence-corrected chi connectivity index (χ0v) is 21.6. The van der Waals surface area contributed by atoms with Gasteiger partial charge in [-0.05, 0) is 79.1 Å². The fourth-order valence-corrected chi connectivity index (χ4v) is 4.97. The second-order valence-corrected chi connectivity index (χ2v) is 9.80. The van der Waals surface area contributed by atoms with Crippen LogP contribution in [0.4, 0.5) is 5.69 Å². The van der Waals surface area contributed by atoms with Crippen LogP contribution in [0.1, 0.15) is 16.7 Å². The molecule has 0 saturated heterocycles. The first-order chi connectivity index (χ1) is 17.2. The van der Waals surface area contributed by atoms with Crippen molar-refractivity contribution in [3.8, 4) is 17.2 Å². The molecule has 36 heavy (non-hydrogen) atoms. The van der Waals surface area contributed by atoms with Gasteiger partial charge in [0.05, 0.1) is 38.1 Å². The van der Waals surface area contributed by atoms with E-state index in [1.807, 2.05) is 19.9 Å². The predicted molar refractivity (Wildman–Crippen MR) is 139 cm³/mol. The summed E-state index contributed by atoms with van der Waals surface area (Å²) >= 11 is 0. The highest BCUT2D eigenvalue weighted by Gasteiger charge is 2.28. The van der Waals surface area contributed by atoms with Crippen LogP contribution in [0, 0.1) is 13.8 Å². The summed E-state index contributed by atoms with van der Waals surface area (Å²) in [5, 5.41) is 3.96. The normalized spacial score (nSPS) is 11.2. The maximum atomic E-state index is 13.7. The monoisotopic (exact) mass is 511 g/mol. The maximum Gasteiger partial charge on any atom is 0.264 e. The van der Waals surface area contributed by atoms with Crippen LogP contribution >= 0.6 is 0 Å². The van der Waals surface area contributed by atoms with E-state index < -0.39 is 22.5 Å². The molecule has 0 aliphatic heterocycles. The number of benzene rings is 3. The van der Waals surface area contributed by atoms with Gasteiger partial charge in [-0.3, -0.25) is 9.10 Å². The summed E-state index contributed by atoms with van der Waals surface area (Å²) in [5.74, 6) is 0.733. The van der Waals surface area contributed by atoms with Gasteiger partial charge >= 0.3 is 0 Å². The number of anilines is 1. The van der Waals surface area contributed by atoms with Crippen LogP contribution < -0.4 is 23.9 Å². The van der Waals surface area contributed by atoms with Crippen LogP contribution in [0.15, 0.2) is 70.7 Å². The summed E-state index contributed by atoms with van der Waals surface area (Å²) < 4.78 is 44.1. The van der Waals surface area contributed by atoms with Gasteiger partial charge in [0.15, 0.2) is 11.5 Å². The Balaban J connectivity index is 1.91. The van der Waals surface area contributed by atoms with E-state index in [0.717, 1.165) is 21.0 Å². The zero-order valence-electron chi connectivity index (χ0n) is 20.8. The molecule has 0 radical (unpaired) electrons. The summed E-state index contributed by atoms with van der Waals surface area (Å²) in [6, 6.07) is 16.7. The van der Waals surface area contributed by atoms with Gasteiger partial charge in [0.25, 0.3) is 15.9 Å². The molecule has 9 nitrogen and oxygen atoms in total. The lowest BCUT2D eigenvalue weighted by Gasteiger charge is -2.25. The van der Waals surface area contributed by atoms with Gasteiger partial charge in [0.2, 0.25) is 0 Å². The molecular weight excluding hydrogens is 482 g/mol. The molecule has 0 bridgehead atoms. The van der Waals surface area contributed by atoms with Gasteiger partial charge in [0.1, 0.15) is 12.3 Å². The number of ether oxygens (including phenoxy) is 3. The second-order valence-electron chi connectivity index (χ2n) is 7.94. The first kappa shape index (κ1) is 26.6. The number of carbonyl (C=O) groups is 1. The molecule has 3 aromatic carbocycles. The lowest BCUT2D eigenvalue weighted by molar-refractivity contribution is -0.119. The zero-order chi connectivity index (χ0) is 26.3. The number of carbonyl (C=O) groups excluding carboxylic acids is 1. The molecule has 3 aromatic rings. The molecule has 3 rings (SSSR count). The minimum absolute atomic E-state index is 0.0474. The minimum Gasteiger partial charge on any atom is -0.497 e. The number of methoxy groups -OCH3 is 3. The van der Waals surface area contributed by atoms with E-state index in [9.17, 15) is 13.2 Å². The predicted octanol–water partition coefficient (Wildman–Crippen LogP) is 3.67. The Morgan fingerprint density at radius 1 is 0.889 bits per heavy atom. The third kappa shape index (κ3) is 6.33. The molecule has 0 aliphatic rings. The van der Waals surface area contributed by atoms with Crippen LogP contribution in [0.5, 0.6) is 17.2 Å². The Morgan fingerprint density at radius 3 is 2.11 bits per heavy atom. The Morgan fingerprint density at radius 2 is 1.53 bits per heavy atom. The lowest BCUT2D eigenvalue weighted by atomic mass is 10.1. The second kappa shape index (κ2) is 11.6. The molecular formula is C26H29N3O6S. The molecule has 1 amide bonds. The van der Waals surface area contributed by atoms with Gasteiger partial charge in [0, 0.05) is 6.07 Å². The number of nitrogens with zero attached hydrogens (tertiary/aromatic N) is 2. The summed E-state index contributed by atoms with van der Waals surface area (Å²) in [6.07, 6.45) is 1.46. The first-order valence-corrected chi connectivity index (χ1v) is 12.4.